The summed E-state index contributed by atoms with van der Waals surface area (Å²) in [7, 11) is 0. The molecule has 1 saturated heterocycles. The summed E-state index contributed by atoms with van der Waals surface area (Å²) >= 11 is 0. The van der Waals surface area contributed by atoms with E-state index in [2.05, 4.69) is 34.6 Å². The lowest BCUT2D eigenvalue weighted by Gasteiger charge is -2.40. The molecule has 1 spiro atoms. The fourth-order valence-corrected chi connectivity index (χ4v) is 5.21. The van der Waals surface area contributed by atoms with Gasteiger partial charge in [0.15, 0.2) is 0 Å². The number of nitrogens with one attached hydrogen (secondary N) is 1. The predicted octanol–water partition coefficient (Wildman–Crippen LogP) is 3.41. The summed E-state index contributed by atoms with van der Waals surface area (Å²) in [6.07, 6.45) is 7.39. The minimum absolute atomic E-state index is 0.0205. The van der Waals surface area contributed by atoms with E-state index in [9.17, 15) is 9.59 Å². The molecular weight excluding hydrogens is 362 g/mol. The van der Waals surface area contributed by atoms with E-state index in [1.807, 2.05) is 17.0 Å². The highest BCUT2D eigenvalue weighted by atomic mass is 16.2. The lowest BCUT2D eigenvalue weighted by Crippen LogP contribution is -2.44. The molecule has 2 heterocycles. The summed E-state index contributed by atoms with van der Waals surface area (Å²) in [5.74, 6) is 0.488. The molecule has 1 saturated carbocycles. The van der Waals surface area contributed by atoms with Crippen molar-refractivity contribution in [3.8, 4) is 0 Å². The third-order valence-electron chi connectivity index (χ3n) is 6.88. The zero-order valence-electron chi connectivity index (χ0n) is 16.6. The Morgan fingerprint density at radius 3 is 2.55 bits per heavy atom. The Kier molecular flexibility index (Phi) is 4.61. The van der Waals surface area contributed by atoms with Gasteiger partial charge >= 0.3 is 0 Å². The maximum Gasteiger partial charge on any atom is 0.272 e. The molecular formula is C24H27N3O2. The number of likely N-dealkylation sites (tertiary alicyclic amines) is 1. The van der Waals surface area contributed by atoms with Crippen LogP contribution < -0.4 is 5.32 Å². The average molecular weight is 389 g/mol. The number of aromatic nitrogens is 1. The number of carbonyl (C=O) groups excluding carboxylic acids is 2. The van der Waals surface area contributed by atoms with Crippen LogP contribution in [-0.4, -0.2) is 40.8 Å². The van der Waals surface area contributed by atoms with Crippen molar-refractivity contribution in [1.82, 2.24) is 15.2 Å². The van der Waals surface area contributed by atoms with Crippen molar-refractivity contribution in [3.63, 3.8) is 0 Å². The Labute approximate surface area is 171 Å². The summed E-state index contributed by atoms with van der Waals surface area (Å²) in [5, 5.41) is 3.14. The SMILES string of the molecule is O=C(CC1CC2(CCN(C(=O)c3ccccn3)CC2)c2ccccc21)NC1CC1. The molecule has 5 heteroatoms. The molecule has 0 bridgehead atoms. The van der Waals surface area contributed by atoms with Gasteiger partial charge in [-0.25, -0.2) is 0 Å². The zero-order valence-corrected chi connectivity index (χ0v) is 16.6. The van der Waals surface area contributed by atoms with Crippen LogP contribution in [0.15, 0.2) is 48.7 Å². The number of piperidine rings is 1. The van der Waals surface area contributed by atoms with Crippen LogP contribution in [0.2, 0.25) is 0 Å². The van der Waals surface area contributed by atoms with Crippen molar-refractivity contribution in [3.05, 3.63) is 65.5 Å². The molecule has 1 aliphatic heterocycles. The lowest BCUT2D eigenvalue weighted by atomic mass is 9.73. The Balaban J connectivity index is 1.31. The summed E-state index contributed by atoms with van der Waals surface area (Å²) < 4.78 is 0. The first-order valence-corrected chi connectivity index (χ1v) is 10.7. The van der Waals surface area contributed by atoms with Crippen LogP contribution in [0.4, 0.5) is 0 Å². The standard InChI is InChI=1S/C24H27N3O2/c28-22(26-18-8-9-18)15-17-16-24(20-6-2-1-5-19(17)20)10-13-27(14-11-24)23(29)21-7-3-4-12-25-21/h1-7,12,17-18H,8-11,13-16H2,(H,26,28). The van der Waals surface area contributed by atoms with E-state index in [0.717, 1.165) is 45.2 Å². The van der Waals surface area contributed by atoms with Crippen molar-refractivity contribution in [1.29, 1.82) is 0 Å². The molecule has 1 N–H and O–H groups in total. The van der Waals surface area contributed by atoms with E-state index in [1.165, 1.54) is 11.1 Å². The lowest BCUT2D eigenvalue weighted by molar-refractivity contribution is -0.121. The van der Waals surface area contributed by atoms with Crippen molar-refractivity contribution >= 4 is 11.8 Å². The molecule has 29 heavy (non-hydrogen) atoms. The molecule has 3 aliphatic rings. The predicted molar refractivity (Wildman–Crippen MR) is 111 cm³/mol. The number of carbonyl (C=O) groups is 2. The molecule has 2 fully saturated rings. The van der Waals surface area contributed by atoms with Gasteiger partial charge in [-0.15, -0.1) is 0 Å². The fraction of sp³-hybridized carbons (Fsp3) is 0.458. The van der Waals surface area contributed by atoms with Gasteiger partial charge in [0.1, 0.15) is 5.69 Å². The van der Waals surface area contributed by atoms with Crippen molar-refractivity contribution in [2.24, 2.45) is 0 Å². The van der Waals surface area contributed by atoms with Crippen LogP contribution >= 0.6 is 0 Å². The molecule has 1 unspecified atom stereocenters. The van der Waals surface area contributed by atoms with E-state index in [0.29, 0.717) is 18.2 Å². The minimum Gasteiger partial charge on any atom is -0.353 e. The smallest absolute Gasteiger partial charge is 0.272 e. The Bertz CT molecular complexity index is 915. The van der Waals surface area contributed by atoms with E-state index >= 15 is 0 Å². The first-order valence-electron chi connectivity index (χ1n) is 10.7. The van der Waals surface area contributed by atoms with Crippen LogP contribution in [0.5, 0.6) is 0 Å². The highest BCUT2D eigenvalue weighted by Crippen LogP contribution is 2.52. The van der Waals surface area contributed by atoms with Gasteiger partial charge < -0.3 is 10.2 Å². The van der Waals surface area contributed by atoms with Gasteiger partial charge in [0.25, 0.3) is 5.91 Å². The fourth-order valence-electron chi connectivity index (χ4n) is 5.21. The van der Waals surface area contributed by atoms with Crippen LogP contribution in [0.3, 0.4) is 0 Å². The quantitative estimate of drug-likeness (QED) is 0.872. The van der Waals surface area contributed by atoms with Gasteiger partial charge in [0.05, 0.1) is 0 Å². The highest BCUT2D eigenvalue weighted by molar-refractivity contribution is 5.92. The Morgan fingerprint density at radius 2 is 1.83 bits per heavy atom. The van der Waals surface area contributed by atoms with Crippen LogP contribution in [0.1, 0.15) is 66.1 Å². The van der Waals surface area contributed by atoms with Crippen molar-refractivity contribution < 1.29 is 9.59 Å². The maximum absolute atomic E-state index is 12.8. The topological polar surface area (TPSA) is 62.3 Å². The van der Waals surface area contributed by atoms with Crippen LogP contribution in [0, 0.1) is 0 Å². The van der Waals surface area contributed by atoms with Crippen LogP contribution in [0.25, 0.3) is 0 Å². The van der Waals surface area contributed by atoms with Gasteiger partial charge in [-0.2, -0.15) is 0 Å². The molecule has 150 valence electrons. The first-order chi connectivity index (χ1) is 14.1. The molecule has 1 atom stereocenters. The number of pyridine rings is 1. The highest BCUT2D eigenvalue weighted by Gasteiger charge is 2.46. The summed E-state index contributed by atoms with van der Waals surface area (Å²) in [6.45, 7) is 1.48. The Hall–Kier alpha value is -2.69. The number of amides is 2. The minimum atomic E-state index is 0.0205. The van der Waals surface area contributed by atoms with Gasteiger partial charge in [0.2, 0.25) is 5.91 Å². The van der Waals surface area contributed by atoms with Crippen LogP contribution in [-0.2, 0) is 10.2 Å². The summed E-state index contributed by atoms with van der Waals surface area (Å²) in [4.78, 5) is 31.4. The van der Waals surface area contributed by atoms with Gasteiger partial charge in [-0.05, 0) is 66.7 Å². The van der Waals surface area contributed by atoms with Gasteiger partial charge in [0, 0.05) is 31.7 Å². The molecule has 1 aromatic carbocycles. The number of fused-ring (bicyclic) bond motifs is 2. The molecule has 2 amide bonds. The largest absolute Gasteiger partial charge is 0.353 e. The number of nitrogens with zero attached hydrogens (tertiary/aromatic N) is 2. The van der Waals surface area contributed by atoms with E-state index < -0.39 is 0 Å². The average Bonchev–Trinajstić information content (AvgIpc) is 3.53. The second kappa shape index (κ2) is 7.29. The Morgan fingerprint density at radius 1 is 1.07 bits per heavy atom. The van der Waals surface area contributed by atoms with E-state index in [4.69, 9.17) is 0 Å². The molecule has 0 radical (unpaired) electrons. The monoisotopic (exact) mass is 389 g/mol. The van der Waals surface area contributed by atoms with E-state index in [1.54, 1.807) is 12.3 Å². The third-order valence-corrected chi connectivity index (χ3v) is 6.88. The van der Waals surface area contributed by atoms with Gasteiger partial charge in [-0.3, -0.25) is 14.6 Å². The van der Waals surface area contributed by atoms with Crippen molar-refractivity contribution in [2.75, 3.05) is 13.1 Å². The second-order valence-corrected chi connectivity index (χ2v) is 8.82. The summed E-state index contributed by atoms with van der Waals surface area (Å²) in [6, 6.07) is 14.5. The molecule has 1 aromatic heterocycles. The van der Waals surface area contributed by atoms with Gasteiger partial charge in [-0.1, -0.05) is 30.3 Å². The zero-order chi connectivity index (χ0) is 19.8. The molecule has 5 nitrogen and oxygen atoms in total. The van der Waals surface area contributed by atoms with E-state index in [-0.39, 0.29) is 23.1 Å². The van der Waals surface area contributed by atoms with Crippen molar-refractivity contribution in [2.45, 2.75) is 55.9 Å². The second-order valence-electron chi connectivity index (χ2n) is 8.82. The maximum atomic E-state index is 12.8. The molecule has 2 aromatic rings. The summed E-state index contributed by atoms with van der Waals surface area (Å²) in [5.41, 5.74) is 3.34. The molecule has 5 rings (SSSR count). The number of hydrogen-bond donors (Lipinski definition) is 1. The number of rotatable bonds is 4. The first kappa shape index (κ1) is 18.3. The molecule has 2 aliphatic carbocycles. The number of hydrogen-bond acceptors (Lipinski definition) is 3. The number of benzene rings is 1. The third kappa shape index (κ3) is 3.54. The normalized spacial score (nSPS) is 22.3.